The second-order valence-corrected chi connectivity index (χ2v) is 7.29. The van der Waals surface area contributed by atoms with Crippen LogP contribution in [0.5, 0.6) is 11.5 Å². The van der Waals surface area contributed by atoms with E-state index in [9.17, 15) is 4.39 Å². The van der Waals surface area contributed by atoms with Crippen molar-refractivity contribution in [2.75, 3.05) is 0 Å². The number of nitrogens with one attached hydrogen (secondary N) is 1. The van der Waals surface area contributed by atoms with Gasteiger partial charge in [-0.2, -0.15) is 0 Å². The van der Waals surface area contributed by atoms with Gasteiger partial charge in [-0.1, -0.05) is 60.7 Å². The highest BCUT2D eigenvalue weighted by atomic mass is 19.1. The van der Waals surface area contributed by atoms with E-state index in [1.807, 2.05) is 78.9 Å². The number of halogens is 1. The number of nitrogens with two attached hydrogens (primary N) is 1. The molecule has 33 heavy (non-hydrogen) atoms. The Balaban J connectivity index is 1.62. The van der Waals surface area contributed by atoms with Gasteiger partial charge in [-0.25, -0.2) is 15.2 Å². The molecule has 4 aromatic carbocycles. The number of benzene rings is 4. The minimum absolute atomic E-state index is 0.331. The van der Waals surface area contributed by atoms with E-state index in [4.69, 9.17) is 15.3 Å². The van der Waals surface area contributed by atoms with Gasteiger partial charge in [0.1, 0.15) is 30.5 Å². The molecule has 5 nitrogen and oxygen atoms in total. The summed E-state index contributed by atoms with van der Waals surface area (Å²) in [5.74, 6) is 7.06. The van der Waals surface area contributed by atoms with Crippen molar-refractivity contribution in [1.82, 2.24) is 5.43 Å². The van der Waals surface area contributed by atoms with E-state index >= 15 is 0 Å². The maximum Gasteiger partial charge on any atom is 0.151 e. The number of amidine groups is 1. The maximum absolute atomic E-state index is 13.3. The largest absolute Gasteiger partial charge is 0.489 e. The summed E-state index contributed by atoms with van der Waals surface area (Å²) in [6.07, 6.45) is 0. The molecule has 0 atom stereocenters. The minimum atomic E-state index is -0.331. The Kier molecular flexibility index (Phi) is 7.30. The molecule has 0 amide bonds. The van der Waals surface area contributed by atoms with Crippen LogP contribution in [-0.2, 0) is 13.2 Å². The fourth-order valence-corrected chi connectivity index (χ4v) is 3.20. The molecule has 0 saturated heterocycles. The van der Waals surface area contributed by atoms with Crippen LogP contribution < -0.4 is 20.7 Å². The number of nitrogens with zero attached hydrogens (tertiary/aromatic N) is 1. The molecule has 6 heteroatoms. The molecule has 3 N–H and O–H groups in total. The third kappa shape index (κ3) is 6.18. The molecule has 4 aromatic rings. The predicted molar refractivity (Wildman–Crippen MR) is 128 cm³/mol. The lowest BCUT2D eigenvalue weighted by Gasteiger charge is -2.15. The lowest BCUT2D eigenvalue weighted by molar-refractivity contribution is 0.289. The average molecular weight is 442 g/mol. The Bertz CT molecular complexity index is 1200. The van der Waals surface area contributed by atoms with Crippen molar-refractivity contribution >= 4 is 11.5 Å². The third-order valence-electron chi connectivity index (χ3n) is 4.90. The lowest BCUT2D eigenvalue weighted by Crippen LogP contribution is -2.31. The van der Waals surface area contributed by atoms with Gasteiger partial charge in [0.25, 0.3) is 0 Å². The highest BCUT2D eigenvalue weighted by Gasteiger charge is 2.13. The van der Waals surface area contributed by atoms with Crippen LogP contribution in [0.2, 0.25) is 0 Å². The Labute approximate surface area is 192 Å². The number of ether oxygens (including phenoxy) is 2. The zero-order valence-electron chi connectivity index (χ0n) is 17.9. The summed E-state index contributed by atoms with van der Waals surface area (Å²) in [5, 5.41) is 0. The van der Waals surface area contributed by atoms with Crippen LogP contribution in [0.4, 0.5) is 10.1 Å². The van der Waals surface area contributed by atoms with Gasteiger partial charge in [0.2, 0.25) is 0 Å². The first-order valence-electron chi connectivity index (χ1n) is 10.5. The highest BCUT2D eigenvalue weighted by molar-refractivity contribution is 6.02. The average Bonchev–Trinajstić information content (AvgIpc) is 2.87. The van der Waals surface area contributed by atoms with Crippen LogP contribution in [0.3, 0.4) is 0 Å². The van der Waals surface area contributed by atoms with E-state index in [-0.39, 0.29) is 5.82 Å². The Hall–Kier alpha value is -4.16. The first-order valence-corrected chi connectivity index (χ1v) is 10.5. The van der Waals surface area contributed by atoms with Gasteiger partial charge in [0.15, 0.2) is 5.84 Å². The molecule has 166 valence electrons. The maximum atomic E-state index is 13.3. The molecule has 0 radical (unpaired) electrons. The summed E-state index contributed by atoms with van der Waals surface area (Å²) in [4.78, 5) is 4.52. The molecule has 0 saturated carbocycles. The van der Waals surface area contributed by atoms with Gasteiger partial charge in [0, 0.05) is 6.07 Å². The third-order valence-corrected chi connectivity index (χ3v) is 4.90. The molecule has 0 fully saturated rings. The zero-order valence-corrected chi connectivity index (χ0v) is 17.9. The predicted octanol–water partition coefficient (Wildman–Crippen LogP) is 5.53. The van der Waals surface area contributed by atoms with Crippen LogP contribution >= 0.6 is 0 Å². The Morgan fingerprint density at radius 2 is 1.36 bits per heavy atom. The molecular formula is C27H24FN3O2. The fraction of sp³-hybridized carbons (Fsp3) is 0.0741. The van der Waals surface area contributed by atoms with Gasteiger partial charge < -0.3 is 14.9 Å². The number of hydrazine groups is 1. The van der Waals surface area contributed by atoms with Crippen molar-refractivity contribution in [3.8, 4) is 11.5 Å². The van der Waals surface area contributed by atoms with Crippen molar-refractivity contribution in [2.24, 2.45) is 10.8 Å². The van der Waals surface area contributed by atoms with Crippen molar-refractivity contribution < 1.29 is 13.9 Å². The lowest BCUT2D eigenvalue weighted by atomic mass is 10.1. The fourth-order valence-electron chi connectivity index (χ4n) is 3.20. The van der Waals surface area contributed by atoms with E-state index in [0.29, 0.717) is 41.8 Å². The summed E-state index contributed by atoms with van der Waals surface area (Å²) in [6, 6.07) is 31.1. The first-order chi connectivity index (χ1) is 16.2. The van der Waals surface area contributed by atoms with Gasteiger partial charge in [-0.15, -0.1) is 0 Å². The van der Waals surface area contributed by atoms with Crippen molar-refractivity contribution in [2.45, 2.75) is 13.2 Å². The molecule has 0 spiro atoms. The van der Waals surface area contributed by atoms with Gasteiger partial charge in [-0.3, -0.25) is 0 Å². The smallest absolute Gasteiger partial charge is 0.151 e. The van der Waals surface area contributed by atoms with E-state index < -0.39 is 0 Å². The van der Waals surface area contributed by atoms with E-state index in [0.717, 1.165) is 11.1 Å². The quantitative estimate of drug-likeness (QED) is 0.163. The number of hydrogen-bond donors (Lipinski definition) is 2. The number of rotatable bonds is 8. The standard InChI is InChI=1S/C27H24FN3O2/c28-22-11-13-23(14-12-22)30-27(31-29)25-16-15-24(32-18-20-7-3-1-4-8-20)17-26(25)33-19-21-9-5-2-6-10-21/h1-17H,18-19,29H2,(H,30,31). The highest BCUT2D eigenvalue weighted by Crippen LogP contribution is 2.28. The molecule has 0 unspecified atom stereocenters. The summed E-state index contributed by atoms with van der Waals surface area (Å²) in [5.41, 5.74) is 5.94. The molecule has 0 aromatic heterocycles. The van der Waals surface area contributed by atoms with Crippen molar-refractivity contribution in [3.05, 3.63) is 126 Å². The SMILES string of the molecule is NNC(=Nc1ccc(F)cc1)c1ccc(OCc2ccccc2)cc1OCc1ccccc1. The summed E-state index contributed by atoms with van der Waals surface area (Å²) in [6.45, 7) is 0.800. The Morgan fingerprint density at radius 3 is 1.97 bits per heavy atom. The molecule has 0 bridgehead atoms. The van der Waals surface area contributed by atoms with Crippen LogP contribution in [0, 0.1) is 5.82 Å². The monoisotopic (exact) mass is 441 g/mol. The first kappa shape index (κ1) is 22.0. The van der Waals surface area contributed by atoms with Gasteiger partial charge >= 0.3 is 0 Å². The topological polar surface area (TPSA) is 68.9 Å². The molecule has 0 aliphatic carbocycles. The molecule has 0 heterocycles. The minimum Gasteiger partial charge on any atom is -0.489 e. The zero-order chi connectivity index (χ0) is 22.9. The van der Waals surface area contributed by atoms with Crippen LogP contribution in [0.15, 0.2) is 108 Å². The van der Waals surface area contributed by atoms with Gasteiger partial charge in [0.05, 0.1) is 11.3 Å². The second kappa shape index (κ2) is 10.9. The number of hydrogen-bond acceptors (Lipinski definition) is 4. The van der Waals surface area contributed by atoms with E-state index in [2.05, 4.69) is 10.4 Å². The summed E-state index contributed by atoms with van der Waals surface area (Å²) in [7, 11) is 0. The van der Waals surface area contributed by atoms with Crippen molar-refractivity contribution in [3.63, 3.8) is 0 Å². The second-order valence-electron chi connectivity index (χ2n) is 7.29. The number of aliphatic imine (C=N–C) groups is 1. The van der Waals surface area contributed by atoms with Gasteiger partial charge in [-0.05, 0) is 47.5 Å². The summed E-state index contributed by atoms with van der Waals surface area (Å²) >= 11 is 0. The molecule has 4 rings (SSSR count). The normalized spacial score (nSPS) is 11.2. The van der Waals surface area contributed by atoms with E-state index in [1.165, 1.54) is 12.1 Å². The molecule has 0 aliphatic heterocycles. The van der Waals surface area contributed by atoms with Crippen LogP contribution in [-0.4, -0.2) is 5.84 Å². The van der Waals surface area contributed by atoms with Crippen molar-refractivity contribution in [1.29, 1.82) is 0 Å². The Morgan fingerprint density at radius 1 is 0.758 bits per heavy atom. The van der Waals surface area contributed by atoms with Crippen LogP contribution in [0.25, 0.3) is 0 Å². The molecule has 0 aliphatic rings. The molecular weight excluding hydrogens is 417 g/mol. The van der Waals surface area contributed by atoms with E-state index in [1.54, 1.807) is 12.1 Å². The van der Waals surface area contributed by atoms with Crippen LogP contribution in [0.1, 0.15) is 16.7 Å². The summed E-state index contributed by atoms with van der Waals surface area (Å²) < 4.78 is 25.4.